The molecule has 1 heterocycles. The number of piperazine rings is 1. The Bertz CT molecular complexity index is 244. The zero-order valence-electron chi connectivity index (χ0n) is 11.8. The Balaban J connectivity index is 1.84. The predicted molar refractivity (Wildman–Crippen MR) is 73.0 cm³/mol. The second-order valence-electron chi connectivity index (χ2n) is 6.93. The van der Waals surface area contributed by atoms with E-state index < -0.39 is 0 Å². The van der Waals surface area contributed by atoms with E-state index >= 15 is 0 Å². The van der Waals surface area contributed by atoms with Crippen molar-refractivity contribution in [3.63, 3.8) is 0 Å². The Morgan fingerprint density at radius 1 is 1.18 bits per heavy atom. The molecule has 0 amide bonds. The van der Waals surface area contributed by atoms with Gasteiger partial charge in [-0.3, -0.25) is 0 Å². The molecule has 3 nitrogen and oxygen atoms in total. The molecular weight excluding hydrogens is 210 g/mol. The van der Waals surface area contributed by atoms with E-state index in [4.69, 9.17) is 5.73 Å². The van der Waals surface area contributed by atoms with Crippen molar-refractivity contribution in [2.24, 2.45) is 17.1 Å². The topological polar surface area (TPSA) is 32.5 Å². The van der Waals surface area contributed by atoms with E-state index in [0.29, 0.717) is 17.4 Å². The lowest BCUT2D eigenvalue weighted by Crippen LogP contribution is -2.50. The normalized spacial score (nSPS) is 36.0. The monoisotopic (exact) mass is 239 g/mol. The van der Waals surface area contributed by atoms with Gasteiger partial charge in [-0.15, -0.1) is 0 Å². The number of likely N-dealkylation sites (N-methyl/N-ethyl adjacent to an activating group) is 1. The predicted octanol–water partition coefficient (Wildman–Crippen LogP) is 1.39. The summed E-state index contributed by atoms with van der Waals surface area (Å²) in [5, 5.41) is 0. The first-order chi connectivity index (χ1) is 7.96. The van der Waals surface area contributed by atoms with E-state index in [0.717, 1.165) is 0 Å². The van der Waals surface area contributed by atoms with Gasteiger partial charge in [-0.2, -0.15) is 0 Å². The Hall–Kier alpha value is -0.120. The third-order valence-corrected chi connectivity index (χ3v) is 4.66. The molecule has 1 saturated heterocycles. The van der Waals surface area contributed by atoms with Crippen molar-refractivity contribution in [2.75, 3.05) is 39.8 Å². The van der Waals surface area contributed by atoms with Crippen LogP contribution in [0.1, 0.15) is 33.1 Å². The third-order valence-electron chi connectivity index (χ3n) is 4.66. The molecule has 2 unspecified atom stereocenters. The number of rotatable bonds is 2. The molecule has 0 spiro atoms. The van der Waals surface area contributed by atoms with Crippen LogP contribution in [0.5, 0.6) is 0 Å². The van der Waals surface area contributed by atoms with Crippen LogP contribution in [-0.4, -0.2) is 55.6 Å². The van der Waals surface area contributed by atoms with Crippen molar-refractivity contribution in [1.29, 1.82) is 0 Å². The van der Waals surface area contributed by atoms with E-state index in [2.05, 4.69) is 30.7 Å². The number of hydrogen-bond donors (Lipinski definition) is 1. The lowest BCUT2D eigenvalue weighted by Gasteiger charge is -2.42. The SMILES string of the molecule is CN1CCN(CC2CC(C)(C)CCC2N)CC1. The van der Waals surface area contributed by atoms with Gasteiger partial charge in [0.05, 0.1) is 0 Å². The van der Waals surface area contributed by atoms with Crippen LogP contribution in [0.4, 0.5) is 0 Å². The van der Waals surface area contributed by atoms with Crippen molar-refractivity contribution >= 4 is 0 Å². The molecule has 0 aromatic carbocycles. The Morgan fingerprint density at radius 3 is 2.47 bits per heavy atom. The first-order valence-corrected chi connectivity index (χ1v) is 7.13. The lowest BCUT2D eigenvalue weighted by molar-refractivity contribution is 0.0864. The summed E-state index contributed by atoms with van der Waals surface area (Å²) in [5.74, 6) is 0.710. The summed E-state index contributed by atoms with van der Waals surface area (Å²) in [6.07, 6.45) is 3.82. The van der Waals surface area contributed by atoms with Gasteiger partial charge in [0, 0.05) is 38.8 Å². The molecule has 1 aliphatic carbocycles. The highest BCUT2D eigenvalue weighted by Crippen LogP contribution is 2.38. The molecule has 1 aliphatic heterocycles. The molecule has 1 saturated carbocycles. The van der Waals surface area contributed by atoms with Gasteiger partial charge in [-0.1, -0.05) is 13.8 Å². The fourth-order valence-electron chi connectivity index (χ4n) is 3.32. The van der Waals surface area contributed by atoms with Gasteiger partial charge in [0.2, 0.25) is 0 Å². The van der Waals surface area contributed by atoms with Gasteiger partial charge < -0.3 is 15.5 Å². The van der Waals surface area contributed by atoms with E-state index in [9.17, 15) is 0 Å². The minimum atomic E-state index is 0.433. The van der Waals surface area contributed by atoms with Crippen LogP contribution < -0.4 is 5.73 Å². The first-order valence-electron chi connectivity index (χ1n) is 7.13. The first kappa shape index (κ1) is 13.3. The fourth-order valence-corrected chi connectivity index (χ4v) is 3.32. The Morgan fingerprint density at radius 2 is 1.82 bits per heavy atom. The van der Waals surface area contributed by atoms with Crippen molar-refractivity contribution in [3.8, 4) is 0 Å². The van der Waals surface area contributed by atoms with Gasteiger partial charge in [-0.25, -0.2) is 0 Å². The van der Waals surface area contributed by atoms with Crippen LogP contribution in [0.25, 0.3) is 0 Å². The van der Waals surface area contributed by atoms with Crippen LogP contribution in [0, 0.1) is 11.3 Å². The standard InChI is InChI=1S/C14H29N3/c1-14(2)5-4-13(15)12(10-14)11-17-8-6-16(3)7-9-17/h12-13H,4-11,15H2,1-3H3. The minimum Gasteiger partial charge on any atom is -0.327 e. The molecule has 2 atom stereocenters. The third kappa shape index (κ3) is 3.67. The Labute approximate surface area is 106 Å². The number of hydrogen-bond acceptors (Lipinski definition) is 3. The molecule has 0 bridgehead atoms. The molecule has 3 heteroatoms. The zero-order chi connectivity index (χ0) is 12.5. The maximum atomic E-state index is 6.31. The quantitative estimate of drug-likeness (QED) is 0.790. The molecule has 2 rings (SSSR count). The highest BCUT2D eigenvalue weighted by Gasteiger charge is 2.34. The lowest BCUT2D eigenvalue weighted by atomic mass is 9.70. The number of nitrogens with zero attached hydrogens (tertiary/aromatic N) is 2. The van der Waals surface area contributed by atoms with Crippen molar-refractivity contribution in [2.45, 2.75) is 39.2 Å². The van der Waals surface area contributed by atoms with E-state index in [1.54, 1.807) is 0 Å². The summed E-state index contributed by atoms with van der Waals surface area (Å²) in [6.45, 7) is 10.9. The minimum absolute atomic E-state index is 0.433. The van der Waals surface area contributed by atoms with Gasteiger partial charge in [0.1, 0.15) is 0 Å². The maximum Gasteiger partial charge on any atom is 0.0110 e. The van der Waals surface area contributed by atoms with Crippen molar-refractivity contribution in [1.82, 2.24) is 9.80 Å². The largest absolute Gasteiger partial charge is 0.327 e. The summed E-state index contributed by atoms with van der Waals surface area (Å²) in [5.41, 5.74) is 6.81. The molecule has 100 valence electrons. The van der Waals surface area contributed by atoms with Gasteiger partial charge in [-0.05, 0) is 37.6 Å². The molecule has 2 N–H and O–H groups in total. The highest BCUT2D eigenvalue weighted by atomic mass is 15.2. The fraction of sp³-hybridized carbons (Fsp3) is 1.00. The second-order valence-corrected chi connectivity index (χ2v) is 6.93. The van der Waals surface area contributed by atoms with E-state index in [1.165, 1.54) is 52.0 Å². The van der Waals surface area contributed by atoms with Gasteiger partial charge in [0.25, 0.3) is 0 Å². The van der Waals surface area contributed by atoms with E-state index in [-0.39, 0.29) is 0 Å². The average Bonchev–Trinajstić information content (AvgIpc) is 2.26. The maximum absolute atomic E-state index is 6.31. The molecule has 0 aromatic rings. The smallest absolute Gasteiger partial charge is 0.0110 e. The molecule has 2 fully saturated rings. The second kappa shape index (κ2) is 5.25. The molecule has 17 heavy (non-hydrogen) atoms. The van der Waals surface area contributed by atoms with Crippen LogP contribution in [0.3, 0.4) is 0 Å². The van der Waals surface area contributed by atoms with Gasteiger partial charge in [0.15, 0.2) is 0 Å². The van der Waals surface area contributed by atoms with Crippen LogP contribution in [0.2, 0.25) is 0 Å². The Kier molecular flexibility index (Phi) is 4.11. The summed E-state index contributed by atoms with van der Waals surface area (Å²) < 4.78 is 0. The summed E-state index contributed by atoms with van der Waals surface area (Å²) in [7, 11) is 2.22. The highest BCUT2D eigenvalue weighted by molar-refractivity contribution is 4.89. The summed E-state index contributed by atoms with van der Waals surface area (Å²) >= 11 is 0. The summed E-state index contributed by atoms with van der Waals surface area (Å²) in [6, 6.07) is 0.433. The average molecular weight is 239 g/mol. The van der Waals surface area contributed by atoms with Gasteiger partial charge >= 0.3 is 0 Å². The van der Waals surface area contributed by atoms with Crippen LogP contribution >= 0.6 is 0 Å². The molecular formula is C14H29N3. The van der Waals surface area contributed by atoms with Crippen LogP contribution in [0.15, 0.2) is 0 Å². The molecule has 0 radical (unpaired) electrons. The van der Waals surface area contributed by atoms with E-state index in [1.807, 2.05) is 0 Å². The van der Waals surface area contributed by atoms with Crippen molar-refractivity contribution < 1.29 is 0 Å². The van der Waals surface area contributed by atoms with Crippen LogP contribution in [-0.2, 0) is 0 Å². The molecule has 2 aliphatic rings. The molecule has 0 aromatic heterocycles. The summed E-state index contributed by atoms with van der Waals surface area (Å²) in [4.78, 5) is 5.03. The van der Waals surface area contributed by atoms with Crippen molar-refractivity contribution in [3.05, 3.63) is 0 Å². The number of nitrogens with two attached hydrogens (primary N) is 1. The zero-order valence-corrected chi connectivity index (χ0v) is 11.8.